The van der Waals surface area contributed by atoms with Crippen molar-refractivity contribution in [2.24, 2.45) is 5.92 Å². The van der Waals surface area contributed by atoms with Crippen molar-refractivity contribution in [1.82, 2.24) is 9.69 Å². The number of aliphatic hydroxyl groups is 1. The smallest absolute Gasteiger partial charge is 0.319 e. The number of aliphatic hydroxyl groups excluding tert-OH is 1. The van der Waals surface area contributed by atoms with Crippen molar-refractivity contribution in [2.75, 3.05) is 11.9 Å². The van der Waals surface area contributed by atoms with Gasteiger partial charge in [0, 0.05) is 18.2 Å². The van der Waals surface area contributed by atoms with Crippen molar-refractivity contribution in [3.63, 3.8) is 0 Å². The Balaban J connectivity index is 1.53. The van der Waals surface area contributed by atoms with Gasteiger partial charge in [-0.3, -0.25) is 5.32 Å². The predicted octanol–water partition coefficient (Wildman–Crippen LogP) is 2.70. The molecule has 0 spiro atoms. The fourth-order valence-electron chi connectivity index (χ4n) is 2.08. The molecule has 0 radical (unpaired) electrons. The Labute approximate surface area is 127 Å². The minimum atomic E-state index is -0.433. The van der Waals surface area contributed by atoms with Crippen molar-refractivity contribution in [2.45, 2.75) is 18.9 Å². The first-order valence-corrected chi connectivity index (χ1v) is 7.75. The van der Waals surface area contributed by atoms with Gasteiger partial charge in [-0.05, 0) is 30.3 Å². The molecule has 1 aromatic heterocycles. The molecule has 0 bridgehead atoms. The molecule has 0 unspecified atom stereocenters. The van der Waals surface area contributed by atoms with E-state index in [-0.39, 0.29) is 6.03 Å². The topological polar surface area (TPSA) is 74.2 Å². The first-order chi connectivity index (χ1) is 10.2. The fraction of sp³-hybridized carbons (Fsp3) is 0.333. The van der Waals surface area contributed by atoms with Crippen molar-refractivity contribution in [3.8, 4) is 11.3 Å². The van der Waals surface area contributed by atoms with Crippen LogP contribution in [0.5, 0.6) is 0 Å². The molecule has 1 heterocycles. The van der Waals surface area contributed by atoms with Gasteiger partial charge in [0.1, 0.15) is 5.00 Å². The monoisotopic (exact) mass is 303 g/mol. The van der Waals surface area contributed by atoms with Crippen LogP contribution in [-0.4, -0.2) is 28.2 Å². The zero-order valence-corrected chi connectivity index (χ0v) is 12.3. The average molecular weight is 303 g/mol. The van der Waals surface area contributed by atoms with E-state index in [0.717, 1.165) is 24.1 Å². The van der Waals surface area contributed by atoms with Crippen molar-refractivity contribution in [1.29, 1.82) is 0 Å². The number of anilines is 1. The Morgan fingerprint density at radius 2 is 2.14 bits per heavy atom. The average Bonchev–Trinajstić information content (AvgIpc) is 3.26. The number of amides is 2. The molecule has 1 aromatic carbocycles. The van der Waals surface area contributed by atoms with E-state index in [9.17, 15) is 9.90 Å². The van der Waals surface area contributed by atoms with E-state index in [1.54, 1.807) is 0 Å². The maximum absolute atomic E-state index is 11.8. The molecule has 21 heavy (non-hydrogen) atoms. The quantitative estimate of drug-likeness (QED) is 0.795. The maximum atomic E-state index is 11.8. The number of rotatable bonds is 5. The number of benzene rings is 1. The number of aromatic nitrogens is 1. The van der Waals surface area contributed by atoms with E-state index in [4.69, 9.17) is 0 Å². The lowest BCUT2D eigenvalue weighted by atomic mass is 10.2. The maximum Gasteiger partial charge on any atom is 0.319 e. The molecular formula is C15H17N3O2S. The lowest BCUT2D eigenvalue weighted by Crippen LogP contribution is -2.35. The van der Waals surface area contributed by atoms with Crippen LogP contribution in [0.3, 0.4) is 0 Å². The van der Waals surface area contributed by atoms with Crippen LogP contribution in [0.25, 0.3) is 11.3 Å². The molecule has 2 aromatic rings. The second-order valence-corrected chi connectivity index (χ2v) is 5.99. The molecule has 6 heteroatoms. The van der Waals surface area contributed by atoms with Crippen molar-refractivity contribution < 1.29 is 9.90 Å². The number of hydrogen-bond donors (Lipinski definition) is 3. The summed E-state index contributed by atoms with van der Waals surface area (Å²) >= 11 is 1.24. The molecule has 0 saturated heterocycles. The molecule has 0 aliphatic heterocycles. The lowest BCUT2D eigenvalue weighted by molar-refractivity contribution is 0.150. The SMILES string of the molecule is O=C(NC[C@@H](O)C1CC1)Nc1cc(-c2ccccc2)ns1. The van der Waals surface area contributed by atoms with E-state index >= 15 is 0 Å². The highest BCUT2D eigenvalue weighted by molar-refractivity contribution is 7.10. The van der Waals surface area contributed by atoms with Gasteiger partial charge in [-0.2, -0.15) is 4.37 Å². The van der Waals surface area contributed by atoms with Crippen LogP contribution in [0.4, 0.5) is 9.80 Å². The van der Waals surface area contributed by atoms with Gasteiger partial charge < -0.3 is 10.4 Å². The van der Waals surface area contributed by atoms with Crippen LogP contribution in [0.1, 0.15) is 12.8 Å². The summed E-state index contributed by atoms with van der Waals surface area (Å²) < 4.78 is 4.32. The van der Waals surface area contributed by atoms with Gasteiger partial charge in [0.15, 0.2) is 0 Å². The molecule has 1 aliphatic rings. The van der Waals surface area contributed by atoms with E-state index < -0.39 is 6.10 Å². The number of carbonyl (C=O) groups excluding carboxylic acids is 1. The summed E-state index contributed by atoms with van der Waals surface area (Å²) in [6.07, 6.45) is 1.68. The highest BCUT2D eigenvalue weighted by Gasteiger charge is 2.29. The van der Waals surface area contributed by atoms with Crippen LogP contribution < -0.4 is 10.6 Å². The summed E-state index contributed by atoms with van der Waals surface area (Å²) in [5, 5.41) is 15.8. The van der Waals surface area contributed by atoms with Gasteiger partial charge in [-0.15, -0.1) is 0 Å². The van der Waals surface area contributed by atoms with Gasteiger partial charge >= 0.3 is 6.03 Å². The molecule has 5 nitrogen and oxygen atoms in total. The summed E-state index contributed by atoms with van der Waals surface area (Å²) in [6.45, 7) is 0.293. The Kier molecular flexibility index (Phi) is 4.17. The van der Waals surface area contributed by atoms with Gasteiger partial charge in [0.25, 0.3) is 0 Å². The highest BCUT2D eigenvalue weighted by atomic mass is 32.1. The number of nitrogens with one attached hydrogen (secondary N) is 2. The highest BCUT2D eigenvalue weighted by Crippen LogP contribution is 2.32. The molecule has 1 fully saturated rings. The molecule has 1 saturated carbocycles. The van der Waals surface area contributed by atoms with Gasteiger partial charge in [0.2, 0.25) is 0 Å². The van der Waals surface area contributed by atoms with Gasteiger partial charge in [0.05, 0.1) is 11.8 Å². The van der Waals surface area contributed by atoms with Crippen LogP contribution in [0, 0.1) is 5.92 Å². The summed E-state index contributed by atoms with van der Waals surface area (Å²) in [6, 6.07) is 11.3. The molecule has 110 valence electrons. The Morgan fingerprint density at radius 1 is 1.38 bits per heavy atom. The standard InChI is InChI=1S/C15H17N3O2S/c19-13(11-6-7-11)9-16-15(20)17-14-8-12(18-21-14)10-4-2-1-3-5-10/h1-5,8,11,13,19H,6-7,9H2,(H2,16,17,20)/t13-/m1/s1. The number of carbonyl (C=O) groups is 1. The zero-order chi connectivity index (χ0) is 14.7. The minimum Gasteiger partial charge on any atom is -0.391 e. The van der Waals surface area contributed by atoms with Gasteiger partial charge in [-0.25, -0.2) is 4.79 Å². The number of nitrogens with zero attached hydrogens (tertiary/aromatic N) is 1. The summed E-state index contributed by atoms with van der Waals surface area (Å²) in [5.74, 6) is 0.360. The summed E-state index contributed by atoms with van der Waals surface area (Å²) in [5.41, 5.74) is 1.86. The fourth-order valence-corrected chi connectivity index (χ4v) is 2.74. The van der Waals surface area contributed by atoms with Crippen LogP contribution in [0.2, 0.25) is 0 Å². The van der Waals surface area contributed by atoms with E-state index in [1.165, 1.54) is 11.5 Å². The number of urea groups is 1. The lowest BCUT2D eigenvalue weighted by Gasteiger charge is -2.10. The molecule has 1 atom stereocenters. The molecule has 2 amide bonds. The van der Waals surface area contributed by atoms with Crippen molar-refractivity contribution >= 4 is 22.6 Å². The predicted molar refractivity (Wildman–Crippen MR) is 83.3 cm³/mol. The molecular weight excluding hydrogens is 286 g/mol. The van der Waals surface area contributed by atoms with E-state index in [2.05, 4.69) is 15.0 Å². The van der Waals surface area contributed by atoms with Crippen LogP contribution in [0.15, 0.2) is 36.4 Å². The Hall–Kier alpha value is -1.92. The largest absolute Gasteiger partial charge is 0.391 e. The Morgan fingerprint density at radius 3 is 2.86 bits per heavy atom. The van der Waals surface area contributed by atoms with Gasteiger partial charge in [-0.1, -0.05) is 30.3 Å². The summed E-state index contributed by atoms with van der Waals surface area (Å²) in [7, 11) is 0. The summed E-state index contributed by atoms with van der Waals surface area (Å²) in [4.78, 5) is 11.8. The number of hydrogen-bond acceptors (Lipinski definition) is 4. The van der Waals surface area contributed by atoms with Crippen LogP contribution >= 0.6 is 11.5 Å². The second kappa shape index (κ2) is 6.24. The van der Waals surface area contributed by atoms with Crippen LogP contribution in [-0.2, 0) is 0 Å². The normalized spacial score (nSPS) is 15.5. The molecule has 3 N–H and O–H groups in total. The molecule has 1 aliphatic carbocycles. The molecule has 3 rings (SSSR count). The third-order valence-corrected chi connectivity index (χ3v) is 4.16. The van der Waals surface area contributed by atoms with Crippen molar-refractivity contribution in [3.05, 3.63) is 36.4 Å². The third kappa shape index (κ3) is 3.80. The minimum absolute atomic E-state index is 0.293. The first-order valence-electron chi connectivity index (χ1n) is 6.97. The third-order valence-electron chi connectivity index (χ3n) is 3.45. The zero-order valence-electron chi connectivity index (χ0n) is 11.5. The Bertz CT molecular complexity index is 610. The second-order valence-electron chi connectivity index (χ2n) is 5.18. The van der Waals surface area contributed by atoms with E-state index in [0.29, 0.717) is 17.5 Å². The van der Waals surface area contributed by atoms with E-state index in [1.807, 2.05) is 36.4 Å². The first kappa shape index (κ1) is 14.0.